The topological polar surface area (TPSA) is 64.8 Å². The molecule has 0 radical (unpaired) electrons. The summed E-state index contributed by atoms with van der Waals surface area (Å²) in [5.41, 5.74) is 2.98. The number of halogens is 1. The molecule has 1 aliphatic rings. The quantitative estimate of drug-likeness (QED) is 0.449. The Morgan fingerprint density at radius 3 is 2.69 bits per heavy atom. The molecule has 0 fully saturated rings. The Balaban J connectivity index is 1.54. The van der Waals surface area contributed by atoms with Crippen molar-refractivity contribution in [2.75, 3.05) is 19.8 Å². The summed E-state index contributed by atoms with van der Waals surface area (Å²) in [5.74, 6) is 1.39. The lowest BCUT2D eigenvalue weighted by Crippen LogP contribution is -2.36. The lowest BCUT2D eigenvalue weighted by molar-refractivity contribution is 0.0734. The van der Waals surface area contributed by atoms with Crippen LogP contribution in [0.1, 0.15) is 48.3 Å². The molecule has 0 saturated heterocycles. The second-order valence-electron chi connectivity index (χ2n) is 7.72. The van der Waals surface area contributed by atoms with Crippen LogP contribution in [0.3, 0.4) is 0 Å². The van der Waals surface area contributed by atoms with Gasteiger partial charge in [0, 0.05) is 29.7 Å². The molecule has 6 nitrogen and oxygen atoms in total. The van der Waals surface area contributed by atoms with Crippen LogP contribution in [-0.2, 0) is 13.0 Å². The van der Waals surface area contributed by atoms with Gasteiger partial charge in [-0.3, -0.25) is 4.79 Å². The fraction of sp³-hybridized carbons (Fsp3) is 0.360. The summed E-state index contributed by atoms with van der Waals surface area (Å²) in [6.07, 6.45) is 2.60. The van der Waals surface area contributed by atoms with Gasteiger partial charge < -0.3 is 18.9 Å². The highest BCUT2D eigenvalue weighted by Gasteiger charge is 2.28. The molecular weight excluding hydrogens is 411 g/mol. The summed E-state index contributed by atoms with van der Waals surface area (Å²) in [6, 6.07) is 11.4. The highest BCUT2D eigenvalue weighted by molar-refractivity contribution is 5.95. The summed E-state index contributed by atoms with van der Waals surface area (Å²) in [6.45, 7) is 6.02. The van der Waals surface area contributed by atoms with E-state index in [1.807, 2.05) is 6.92 Å². The molecule has 0 spiro atoms. The van der Waals surface area contributed by atoms with Crippen LogP contribution in [-0.4, -0.2) is 35.7 Å². The molecule has 0 unspecified atom stereocenters. The molecule has 1 amide bonds. The molecular formula is C25H27FN2O4. The zero-order valence-corrected chi connectivity index (χ0v) is 18.4. The van der Waals surface area contributed by atoms with Crippen LogP contribution in [0.5, 0.6) is 11.5 Å². The first-order valence-corrected chi connectivity index (χ1v) is 11.0. The number of hydrogen-bond donors (Lipinski definition) is 0. The van der Waals surface area contributed by atoms with E-state index in [-0.39, 0.29) is 11.7 Å². The van der Waals surface area contributed by atoms with Gasteiger partial charge in [0.05, 0.1) is 25.5 Å². The van der Waals surface area contributed by atoms with E-state index in [2.05, 4.69) is 12.1 Å². The van der Waals surface area contributed by atoms with Crippen molar-refractivity contribution >= 4 is 5.91 Å². The van der Waals surface area contributed by atoms with Crippen molar-refractivity contribution < 1.29 is 23.2 Å². The van der Waals surface area contributed by atoms with E-state index in [1.165, 1.54) is 12.1 Å². The van der Waals surface area contributed by atoms with Crippen LogP contribution in [0.2, 0.25) is 0 Å². The van der Waals surface area contributed by atoms with Crippen molar-refractivity contribution in [2.45, 2.75) is 39.7 Å². The Hall–Kier alpha value is -3.35. The number of aromatic nitrogens is 1. The van der Waals surface area contributed by atoms with E-state index in [1.54, 1.807) is 35.2 Å². The van der Waals surface area contributed by atoms with Crippen LogP contribution in [0.25, 0.3) is 11.3 Å². The molecule has 2 heterocycles. The van der Waals surface area contributed by atoms with E-state index in [9.17, 15) is 9.18 Å². The molecule has 168 valence electrons. The number of carbonyl (C=O) groups excluding carboxylic acids is 1. The van der Waals surface area contributed by atoms with E-state index < -0.39 is 0 Å². The molecule has 1 aromatic heterocycles. The van der Waals surface area contributed by atoms with Crippen molar-refractivity contribution in [3.05, 3.63) is 65.1 Å². The Morgan fingerprint density at radius 1 is 1.12 bits per heavy atom. The van der Waals surface area contributed by atoms with Crippen LogP contribution in [0, 0.1) is 5.82 Å². The fourth-order valence-electron chi connectivity index (χ4n) is 3.75. The highest BCUT2D eigenvalue weighted by atomic mass is 19.1. The van der Waals surface area contributed by atoms with Crippen LogP contribution >= 0.6 is 0 Å². The van der Waals surface area contributed by atoms with Gasteiger partial charge >= 0.3 is 0 Å². The van der Waals surface area contributed by atoms with Gasteiger partial charge in [-0.05, 0) is 55.8 Å². The van der Waals surface area contributed by atoms with Gasteiger partial charge in [-0.15, -0.1) is 0 Å². The molecule has 3 aromatic rings. The predicted molar refractivity (Wildman–Crippen MR) is 118 cm³/mol. The molecule has 7 heteroatoms. The normalized spacial score (nSPS) is 13.0. The summed E-state index contributed by atoms with van der Waals surface area (Å²) >= 11 is 0. The monoisotopic (exact) mass is 438 g/mol. The lowest BCUT2D eigenvalue weighted by atomic mass is 10.0. The SMILES string of the molecule is CCCCOc1ccc(C(=O)N2CCc3noc(-c4ccc(F)cc4)c3C2)cc1OCC. The number of hydrogen-bond acceptors (Lipinski definition) is 5. The maximum Gasteiger partial charge on any atom is 0.254 e. The summed E-state index contributed by atoms with van der Waals surface area (Å²) in [7, 11) is 0. The standard InChI is InChI=1S/C25H27FN2O4/c1-3-5-14-31-22-11-8-18(15-23(22)30-4-2)25(29)28-13-12-21-20(16-28)24(32-27-21)17-6-9-19(26)10-7-17/h6-11,15H,3-5,12-14,16H2,1-2H3. The fourth-order valence-corrected chi connectivity index (χ4v) is 3.75. The van der Waals surface area contributed by atoms with Gasteiger partial charge in [0.2, 0.25) is 0 Å². The number of rotatable bonds is 8. The first-order valence-electron chi connectivity index (χ1n) is 11.0. The average Bonchev–Trinajstić information content (AvgIpc) is 3.23. The minimum atomic E-state index is -0.314. The van der Waals surface area contributed by atoms with E-state index in [4.69, 9.17) is 14.0 Å². The number of ether oxygens (including phenoxy) is 2. The number of benzene rings is 2. The third-order valence-electron chi connectivity index (χ3n) is 5.48. The van der Waals surface area contributed by atoms with Gasteiger partial charge in [0.1, 0.15) is 5.82 Å². The molecule has 2 aromatic carbocycles. The predicted octanol–water partition coefficient (Wildman–Crippen LogP) is 5.26. The Kier molecular flexibility index (Phi) is 6.73. The van der Waals surface area contributed by atoms with Gasteiger partial charge in [0.25, 0.3) is 5.91 Å². The minimum Gasteiger partial charge on any atom is -0.490 e. The average molecular weight is 438 g/mol. The summed E-state index contributed by atoms with van der Waals surface area (Å²) < 4.78 is 30.4. The Labute approximate surface area is 186 Å². The van der Waals surface area contributed by atoms with Gasteiger partial charge in [0.15, 0.2) is 17.3 Å². The number of nitrogens with zero attached hydrogens (tertiary/aromatic N) is 2. The minimum absolute atomic E-state index is 0.0945. The number of unbranched alkanes of at least 4 members (excludes halogenated alkanes) is 1. The van der Waals surface area contributed by atoms with Crippen LogP contribution in [0.4, 0.5) is 4.39 Å². The number of amides is 1. The Morgan fingerprint density at radius 2 is 1.94 bits per heavy atom. The smallest absolute Gasteiger partial charge is 0.254 e. The second-order valence-corrected chi connectivity index (χ2v) is 7.72. The number of carbonyl (C=O) groups is 1. The van der Waals surface area contributed by atoms with E-state index in [0.29, 0.717) is 55.5 Å². The second kappa shape index (κ2) is 9.85. The molecule has 1 aliphatic heterocycles. The van der Waals surface area contributed by atoms with Crippen LogP contribution in [0.15, 0.2) is 47.0 Å². The molecule has 32 heavy (non-hydrogen) atoms. The summed E-state index contributed by atoms with van der Waals surface area (Å²) in [4.78, 5) is 15.1. The van der Waals surface area contributed by atoms with Crippen molar-refractivity contribution in [3.63, 3.8) is 0 Å². The van der Waals surface area contributed by atoms with E-state index in [0.717, 1.165) is 29.7 Å². The maximum atomic E-state index is 13.3. The molecule has 0 saturated carbocycles. The first-order chi connectivity index (χ1) is 15.6. The lowest BCUT2D eigenvalue weighted by Gasteiger charge is -2.27. The third-order valence-corrected chi connectivity index (χ3v) is 5.48. The Bertz CT molecular complexity index is 1080. The number of fused-ring (bicyclic) bond motifs is 1. The maximum absolute atomic E-state index is 13.3. The molecule has 0 N–H and O–H groups in total. The van der Waals surface area contributed by atoms with Gasteiger partial charge in [-0.1, -0.05) is 18.5 Å². The van der Waals surface area contributed by atoms with E-state index >= 15 is 0 Å². The largest absolute Gasteiger partial charge is 0.490 e. The third kappa shape index (κ3) is 4.61. The first kappa shape index (κ1) is 21.9. The highest BCUT2D eigenvalue weighted by Crippen LogP contribution is 2.33. The van der Waals surface area contributed by atoms with Gasteiger partial charge in [-0.25, -0.2) is 4.39 Å². The van der Waals surface area contributed by atoms with Crippen molar-refractivity contribution in [1.29, 1.82) is 0 Å². The van der Waals surface area contributed by atoms with Crippen molar-refractivity contribution in [1.82, 2.24) is 10.1 Å². The van der Waals surface area contributed by atoms with Crippen LogP contribution < -0.4 is 9.47 Å². The van der Waals surface area contributed by atoms with Crippen molar-refractivity contribution in [3.8, 4) is 22.8 Å². The zero-order valence-electron chi connectivity index (χ0n) is 18.4. The molecule has 0 atom stereocenters. The van der Waals surface area contributed by atoms with Gasteiger partial charge in [-0.2, -0.15) is 0 Å². The molecule has 0 aliphatic carbocycles. The molecule has 4 rings (SSSR count). The zero-order chi connectivity index (χ0) is 22.5. The summed E-state index contributed by atoms with van der Waals surface area (Å²) in [5, 5.41) is 4.16. The molecule has 0 bridgehead atoms. The van der Waals surface area contributed by atoms with Crippen molar-refractivity contribution in [2.24, 2.45) is 0 Å².